The van der Waals surface area contributed by atoms with Crippen LogP contribution in [0.2, 0.25) is 0 Å². The standard InChI is InChI=1S/C22H25N3O3S2/c1-16(21(26)23-18-12-14-30(27,28)15-18)29-22-24-19-9-5-6-10-20(19)25(22)13-11-17-7-3-2-4-8-17/h2-10,16,18H,11-15H2,1H3,(H,23,26)/t16-,18+/m1/s1. The number of hydrogen-bond acceptors (Lipinski definition) is 5. The van der Waals surface area contributed by atoms with E-state index < -0.39 is 9.84 Å². The zero-order valence-corrected chi connectivity index (χ0v) is 18.5. The Kier molecular flexibility index (Phi) is 6.15. The van der Waals surface area contributed by atoms with Crippen LogP contribution in [-0.4, -0.2) is 46.7 Å². The van der Waals surface area contributed by atoms with Crippen molar-refractivity contribution in [1.82, 2.24) is 14.9 Å². The molecule has 0 spiro atoms. The number of benzene rings is 2. The molecule has 1 aromatic heterocycles. The molecule has 1 N–H and O–H groups in total. The molecule has 4 rings (SSSR count). The van der Waals surface area contributed by atoms with Crippen molar-refractivity contribution in [1.29, 1.82) is 0 Å². The Balaban J connectivity index is 1.49. The van der Waals surface area contributed by atoms with Crippen LogP contribution in [0.25, 0.3) is 11.0 Å². The molecule has 1 aliphatic rings. The van der Waals surface area contributed by atoms with E-state index in [1.165, 1.54) is 17.3 Å². The molecule has 0 aliphatic carbocycles. The van der Waals surface area contributed by atoms with Crippen LogP contribution in [0.5, 0.6) is 0 Å². The number of sulfone groups is 1. The number of carbonyl (C=O) groups excluding carboxylic acids is 1. The molecule has 0 radical (unpaired) electrons. The molecular formula is C22H25N3O3S2. The van der Waals surface area contributed by atoms with Crippen molar-refractivity contribution in [2.45, 2.75) is 42.8 Å². The molecular weight excluding hydrogens is 418 g/mol. The molecule has 1 aliphatic heterocycles. The molecule has 2 aromatic carbocycles. The van der Waals surface area contributed by atoms with Crippen LogP contribution in [0.1, 0.15) is 18.9 Å². The van der Waals surface area contributed by atoms with Gasteiger partial charge in [0.15, 0.2) is 15.0 Å². The number of thioether (sulfide) groups is 1. The smallest absolute Gasteiger partial charge is 0.233 e. The zero-order chi connectivity index (χ0) is 21.1. The van der Waals surface area contributed by atoms with E-state index >= 15 is 0 Å². The maximum absolute atomic E-state index is 12.7. The Hall–Kier alpha value is -2.32. The van der Waals surface area contributed by atoms with Gasteiger partial charge in [0.05, 0.1) is 27.8 Å². The third kappa shape index (κ3) is 4.87. The lowest BCUT2D eigenvalue weighted by molar-refractivity contribution is -0.120. The van der Waals surface area contributed by atoms with Gasteiger partial charge >= 0.3 is 0 Å². The minimum atomic E-state index is -3.02. The molecule has 8 heteroatoms. The second-order valence-corrected chi connectivity index (χ2v) is 11.2. The van der Waals surface area contributed by atoms with E-state index in [0.717, 1.165) is 29.2 Å². The average molecular weight is 444 g/mol. The number of amides is 1. The van der Waals surface area contributed by atoms with Crippen molar-refractivity contribution in [3.8, 4) is 0 Å². The van der Waals surface area contributed by atoms with E-state index in [2.05, 4.69) is 22.0 Å². The van der Waals surface area contributed by atoms with Gasteiger partial charge < -0.3 is 9.88 Å². The number of nitrogens with one attached hydrogen (secondary N) is 1. The Bertz CT molecular complexity index is 1140. The maximum atomic E-state index is 12.7. The van der Waals surface area contributed by atoms with Crippen molar-refractivity contribution >= 4 is 38.5 Å². The van der Waals surface area contributed by atoms with Crippen molar-refractivity contribution in [3.05, 3.63) is 60.2 Å². The first-order chi connectivity index (χ1) is 14.4. The van der Waals surface area contributed by atoms with Gasteiger partial charge in [0.2, 0.25) is 5.91 Å². The summed E-state index contributed by atoms with van der Waals surface area (Å²) in [5.41, 5.74) is 3.20. The quantitative estimate of drug-likeness (QED) is 0.568. The van der Waals surface area contributed by atoms with Gasteiger partial charge in [-0.15, -0.1) is 0 Å². The number of imidazole rings is 1. The van der Waals surface area contributed by atoms with E-state index in [1.54, 1.807) is 0 Å². The monoisotopic (exact) mass is 443 g/mol. The molecule has 2 heterocycles. The SMILES string of the molecule is C[C@@H](Sc1nc2ccccc2n1CCc1ccccc1)C(=O)N[C@H]1CCS(=O)(=O)C1. The first-order valence-corrected chi connectivity index (χ1v) is 12.8. The van der Waals surface area contributed by atoms with E-state index in [0.29, 0.717) is 6.42 Å². The molecule has 0 unspecified atom stereocenters. The van der Waals surface area contributed by atoms with Crippen molar-refractivity contribution in [2.24, 2.45) is 0 Å². The van der Waals surface area contributed by atoms with Gasteiger partial charge in [0, 0.05) is 12.6 Å². The summed E-state index contributed by atoms with van der Waals surface area (Å²) >= 11 is 1.41. The first kappa shape index (κ1) is 20.9. The number of carbonyl (C=O) groups is 1. The number of nitrogens with zero attached hydrogens (tertiary/aromatic N) is 2. The number of aryl methyl sites for hydroxylation is 2. The minimum absolute atomic E-state index is 0.0334. The molecule has 1 saturated heterocycles. The van der Waals surface area contributed by atoms with Crippen LogP contribution in [0.4, 0.5) is 0 Å². The van der Waals surface area contributed by atoms with Gasteiger partial charge in [-0.2, -0.15) is 0 Å². The summed E-state index contributed by atoms with van der Waals surface area (Å²) in [6.07, 6.45) is 1.36. The lowest BCUT2D eigenvalue weighted by atomic mass is 10.1. The summed E-state index contributed by atoms with van der Waals surface area (Å²) < 4.78 is 25.5. The van der Waals surface area contributed by atoms with E-state index in [1.807, 2.05) is 49.4 Å². The average Bonchev–Trinajstić information content (AvgIpc) is 3.25. The summed E-state index contributed by atoms with van der Waals surface area (Å²) in [5, 5.41) is 3.31. The molecule has 30 heavy (non-hydrogen) atoms. The van der Waals surface area contributed by atoms with Crippen molar-refractivity contribution in [3.63, 3.8) is 0 Å². The lowest BCUT2D eigenvalue weighted by Gasteiger charge is -2.16. The summed E-state index contributed by atoms with van der Waals surface area (Å²) in [6.45, 7) is 2.60. The third-order valence-electron chi connectivity index (χ3n) is 5.32. The predicted molar refractivity (Wildman–Crippen MR) is 120 cm³/mol. The third-order valence-corrected chi connectivity index (χ3v) is 8.17. The van der Waals surface area contributed by atoms with Crippen LogP contribution >= 0.6 is 11.8 Å². The molecule has 3 aromatic rings. The summed E-state index contributed by atoms with van der Waals surface area (Å²) in [5.74, 6) is 0.0317. The maximum Gasteiger partial charge on any atom is 0.233 e. The molecule has 0 bridgehead atoms. The topological polar surface area (TPSA) is 81.1 Å². The number of aromatic nitrogens is 2. The second kappa shape index (κ2) is 8.81. The molecule has 0 saturated carbocycles. The Morgan fingerprint density at radius 3 is 2.67 bits per heavy atom. The highest BCUT2D eigenvalue weighted by Gasteiger charge is 2.30. The number of fused-ring (bicyclic) bond motifs is 1. The van der Waals surface area contributed by atoms with Crippen LogP contribution < -0.4 is 5.32 Å². The van der Waals surface area contributed by atoms with E-state index in [-0.39, 0.29) is 28.7 Å². The second-order valence-electron chi connectivity index (χ2n) is 7.64. The largest absolute Gasteiger partial charge is 0.351 e. The fourth-order valence-corrected chi connectivity index (χ4v) is 6.32. The molecule has 158 valence electrons. The first-order valence-electron chi connectivity index (χ1n) is 10.1. The number of rotatable bonds is 7. The van der Waals surface area contributed by atoms with Crippen molar-refractivity contribution in [2.75, 3.05) is 11.5 Å². The highest BCUT2D eigenvalue weighted by Crippen LogP contribution is 2.28. The van der Waals surface area contributed by atoms with E-state index in [9.17, 15) is 13.2 Å². The van der Waals surface area contributed by atoms with Crippen LogP contribution in [0.15, 0.2) is 59.8 Å². The van der Waals surface area contributed by atoms with Crippen molar-refractivity contribution < 1.29 is 13.2 Å². The van der Waals surface area contributed by atoms with Gasteiger partial charge in [-0.05, 0) is 37.5 Å². The summed E-state index contributed by atoms with van der Waals surface area (Å²) in [7, 11) is -3.02. The number of para-hydroxylation sites is 2. The Morgan fingerprint density at radius 2 is 1.93 bits per heavy atom. The normalized spacial score (nSPS) is 19.0. The van der Waals surface area contributed by atoms with E-state index in [4.69, 9.17) is 4.98 Å². The number of hydrogen-bond donors (Lipinski definition) is 1. The Labute approximate surface area is 181 Å². The highest BCUT2D eigenvalue weighted by atomic mass is 32.2. The molecule has 1 fully saturated rings. The van der Waals surface area contributed by atoms with Gasteiger partial charge in [-0.1, -0.05) is 54.2 Å². The molecule has 2 atom stereocenters. The summed E-state index contributed by atoms with van der Waals surface area (Å²) in [4.78, 5) is 17.4. The minimum Gasteiger partial charge on any atom is -0.351 e. The van der Waals surface area contributed by atoms with Gasteiger partial charge in [0.25, 0.3) is 0 Å². The van der Waals surface area contributed by atoms with Gasteiger partial charge in [-0.3, -0.25) is 4.79 Å². The zero-order valence-electron chi connectivity index (χ0n) is 16.8. The highest BCUT2D eigenvalue weighted by molar-refractivity contribution is 8.00. The fourth-order valence-electron chi connectivity index (χ4n) is 3.68. The molecule has 1 amide bonds. The predicted octanol–water partition coefficient (Wildman–Crippen LogP) is 3.06. The van der Waals surface area contributed by atoms with Crippen LogP contribution in [0, 0.1) is 0 Å². The lowest BCUT2D eigenvalue weighted by Crippen LogP contribution is -2.40. The fraction of sp³-hybridized carbons (Fsp3) is 0.364. The van der Waals surface area contributed by atoms with Gasteiger partial charge in [-0.25, -0.2) is 13.4 Å². The van der Waals surface area contributed by atoms with Crippen LogP contribution in [0.3, 0.4) is 0 Å². The van der Waals surface area contributed by atoms with Gasteiger partial charge in [0.1, 0.15) is 0 Å². The summed E-state index contributed by atoms with van der Waals surface area (Å²) in [6, 6.07) is 18.0. The molecule has 6 nitrogen and oxygen atoms in total. The van der Waals surface area contributed by atoms with Crippen LogP contribution in [-0.2, 0) is 27.6 Å². The Morgan fingerprint density at radius 1 is 1.20 bits per heavy atom.